The number of hydrogen-bond acceptors (Lipinski definition) is 4. The number of nitrogens with one attached hydrogen (secondary N) is 1. The molecule has 3 aromatic rings. The smallest absolute Gasteiger partial charge is 0.197 e. The van der Waals surface area contributed by atoms with Crippen molar-refractivity contribution < 1.29 is 31.2 Å². The summed E-state index contributed by atoms with van der Waals surface area (Å²) in [7, 11) is 1.59. The molecule has 0 saturated heterocycles. The molecule has 0 bridgehead atoms. The van der Waals surface area contributed by atoms with Gasteiger partial charge in [0, 0.05) is 30.2 Å². The van der Waals surface area contributed by atoms with Gasteiger partial charge >= 0.3 is 0 Å². The summed E-state index contributed by atoms with van der Waals surface area (Å²) in [5, 5.41) is 0.454. The number of hydrogen-bond donors (Lipinski definition) is 1. The van der Waals surface area contributed by atoms with E-state index in [2.05, 4.69) is 13.8 Å². The van der Waals surface area contributed by atoms with Crippen molar-refractivity contribution >= 4 is 11.0 Å². The number of rotatable bonds is 9. The van der Waals surface area contributed by atoms with Crippen molar-refractivity contribution in [2.24, 2.45) is 0 Å². The van der Waals surface area contributed by atoms with Crippen LogP contribution < -0.4 is 32.2 Å². The topological polar surface area (TPSA) is 53.1 Å². The van der Waals surface area contributed by atoms with Gasteiger partial charge in [0.05, 0.1) is 33.4 Å². The van der Waals surface area contributed by atoms with Crippen LogP contribution in [0.5, 0.6) is 11.5 Å². The van der Waals surface area contributed by atoms with E-state index < -0.39 is 0 Å². The fourth-order valence-electron chi connectivity index (χ4n) is 3.31. The van der Waals surface area contributed by atoms with Crippen molar-refractivity contribution in [1.82, 2.24) is 0 Å². The highest BCUT2D eigenvalue weighted by atomic mass is 35.5. The van der Waals surface area contributed by atoms with Gasteiger partial charge in [-0.25, -0.2) is 0 Å². The second kappa shape index (κ2) is 10.9. The van der Waals surface area contributed by atoms with E-state index in [4.69, 9.17) is 13.9 Å². The predicted octanol–water partition coefficient (Wildman–Crippen LogP) is 0.166. The molecular weight excluding hydrogens is 390 g/mol. The lowest BCUT2D eigenvalue weighted by atomic mass is 10.1. The Hall–Kier alpha value is -2.50. The number of fused-ring (bicyclic) bond motifs is 1. The summed E-state index contributed by atoms with van der Waals surface area (Å²) >= 11 is 0. The van der Waals surface area contributed by atoms with Crippen LogP contribution in [0.4, 0.5) is 0 Å². The average Bonchev–Trinajstić information content (AvgIpc) is 2.73. The van der Waals surface area contributed by atoms with Gasteiger partial charge in [0.1, 0.15) is 28.2 Å². The van der Waals surface area contributed by atoms with E-state index in [1.807, 2.05) is 30.3 Å². The molecule has 0 atom stereocenters. The van der Waals surface area contributed by atoms with E-state index in [-0.39, 0.29) is 17.8 Å². The molecule has 1 N–H and O–H groups in total. The number of halogens is 1. The molecule has 0 fully saturated rings. The molecule has 29 heavy (non-hydrogen) atoms. The zero-order valence-corrected chi connectivity index (χ0v) is 17.9. The Morgan fingerprint density at radius 2 is 1.76 bits per heavy atom. The quantitative estimate of drug-likeness (QED) is 0.504. The summed E-state index contributed by atoms with van der Waals surface area (Å²) in [6.07, 6.45) is 0.920. The molecule has 1 aromatic heterocycles. The molecule has 0 aliphatic heterocycles. The van der Waals surface area contributed by atoms with Crippen LogP contribution >= 0.6 is 0 Å². The van der Waals surface area contributed by atoms with Crippen molar-refractivity contribution in [3.63, 3.8) is 0 Å². The summed E-state index contributed by atoms with van der Waals surface area (Å²) < 4.78 is 17.4. The SMILES string of the molecule is CC[NH+](CC)CCCOc1cc(OC)cc2oc(-c3ccccc3)cc(=O)c12.[Cl-]. The lowest BCUT2D eigenvalue weighted by Crippen LogP contribution is -3.11. The molecular formula is C23H28ClNO4. The van der Waals surface area contributed by atoms with Crippen molar-refractivity contribution in [3.05, 3.63) is 58.8 Å². The van der Waals surface area contributed by atoms with Crippen molar-refractivity contribution in [1.29, 1.82) is 0 Å². The molecule has 0 amide bonds. The average molecular weight is 418 g/mol. The molecule has 156 valence electrons. The molecule has 0 aliphatic carbocycles. The maximum Gasteiger partial charge on any atom is 0.197 e. The summed E-state index contributed by atoms with van der Waals surface area (Å²) in [5.41, 5.74) is 1.20. The third-order valence-electron chi connectivity index (χ3n) is 4.99. The maximum absolute atomic E-state index is 12.8. The first kappa shape index (κ1) is 22.8. The van der Waals surface area contributed by atoms with Crippen molar-refractivity contribution in [2.45, 2.75) is 20.3 Å². The Labute approximate surface area is 177 Å². The summed E-state index contributed by atoms with van der Waals surface area (Å²) in [6.45, 7) is 8.16. The van der Waals surface area contributed by atoms with Crippen LogP contribution in [-0.4, -0.2) is 33.4 Å². The van der Waals surface area contributed by atoms with Gasteiger partial charge in [-0.3, -0.25) is 4.79 Å². The number of ether oxygens (including phenoxy) is 2. The standard InChI is InChI=1S/C23H27NO4.ClH/c1-4-24(5-2)12-9-13-27-21-14-18(26-3)15-22-23(21)19(25)16-20(28-22)17-10-7-6-8-11-17;/h6-8,10-11,14-16H,4-5,9,12-13H2,1-3H3;1H. The van der Waals surface area contributed by atoms with E-state index in [1.165, 1.54) is 11.0 Å². The third kappa shape index (κ3) is 5.52. The summed E-state index contributed by atoms with van der Waals surface area (Å²) in [4.78, 5) is 14.4. The van der Waals surface area contributed by atoms with Gasteiger partial charge in [-0.15, -0.1) is 0 Å². The molecule has 0 unspecified atom stereocenters. The minimum absolute atomic E-state index is 0. The van der Waals surface area contributed by atoms with Crippen LogP contribution in [0.1, 0.15) is 20.3 Å². The van der Waals surface area contributed by atoms with Gasteiger partial charge in [0.15, 0.2) is 5.43 Å². The van der Waals surface area contributed by atoms with Gasteiger partial charge in [-0.1, -0.05) is 30.3 Å². The molecule has 0 saturated carbocycles. The van der Waals surface area contributed by atoms with Crippen LogP contribution in [0.25, 0.3) is 22.3 Å². The Morgan fingerprint density at radius 1 is 1.03 bits per heavy atom. The van der Waals surface area contributed by atoms with Gasteiger partial charge in [-0.05, 0) is 13.8 Å². The van der Waals surface area contributed by atoms with E-state index in [1.54, 1.807) is 19.2 Å². The second-order valence-corrected chi connectivity index (χ2v) is 6.75. The Bertz CT molecular complexity index is 968. The van der Waals surface area contributed by atoms with Gasteiger partial charge < -0.3 is 31.2 Å². The van der Waals surface area contributed by atoms with Crippen molar-refractivity contribution in [2.75, 3.05) is 33.4 Å². The molecule has 0 spiro atoms. The Kier molecular flexibility index (Phi) is 8.55. The minimum atomic E-state index is -0.118. The predicted molar refractivity (Wildman–Crippen MR) is 111 cm³/mol. The molecule has 0 radical (unpaired) electrons. The molecule has 5 nitrogen and oxygen atoms in total. The van der Waals surface area contributed by atoms with Gasteiger partial charge in [0.2, 0.25) is 0 Å². The third-order valence-corrected chi connectivity index (χ3v) is 4.99. The monoisotopic (exact) mass is 417 g/mol. The van der Waals surface area contributed by atoms with Crippen LogP contribution in [0.15, 0.2) is 57.7 Å². The van der Waals surface area contributed by atoms with E-state index in [9.17, 15) is 4.79 Å². The van der Waals surface area contributed by atoms with E-state index >= 15 is 0 Å². The molecule has 0 aliphatic rings. The number of methoxy groups -OCH3 is 1. The Morgan fingerprint density at radius 3 is 2.41 bits per heavy atom. The fourth-order valence-corrected chi connectivity index (χ4v) is 3.31. The largest absolute Gasteiger partial charge is 1.00 e. The lowest BCUT2D eigenvalue weighted by molar-refractivity contribution is -0.896. The first-order valence-corrected chi connectivity index (χ1v) is 9.84. The molecule has 1 heterocycles. The number of benzene rings is 2. The number of quaternary nitrogens is 1. The summed E-state index contributed by atoms with van der Waals surface area (Å²) in [5.74, 6) is 1.64. The molecule has 6 heteroatoms. The van der Waals surface area contributed by atoms with Gasteiger partial charge in [-0.2, -0.15) is 0 Å². The van der Waals surface area contributed by atoms with E-state index in [0.29, 0.717) is 34.8 Å². The first-order valence-electron chi connectivity index (χ1n) is 9.84. The lowest BCUT2D eigenvalue weighted by Gasteiger charge is -2.16. The summed E-state index contributed by atoms with van der Waals surface area (Å²) in [6, 6.07) is 14.6. The fraction of sp³-hybridized carbons (Fsp3) is 0.348. The highest BCUT2D eigenvalue weighted by molar-refractivity contribution is 5.86. The van der Waals surface area contributed by atoms with Crippen LogP contribution in [-0.2, 0) is 0 Å². The highest BCUT2D eigenvalue weighted by Crippen LogP contribution is 2.31. The second-order valence-electron chi connectivity index (χ2n) is 6.75. The molecule has 2 aromatic carbocycles. The highest BCUT2D eigenvalue weighted by Gasteiger charge is 2.14. The van der Waals surface area contributed by atoms with Gasteiger partial charge in [0.25, 0.3) is 0 Å². The van der Waals surface area contributed by atoms with Crippen LogP contribution in [0.3, 0.4) is 0 Å². The van der Waals surface area contributed by atoms with E-state index in [0.717, 1.165) is 31.6 Å². The zero-order valence-electron chi connectivity index (χ0n) is 17.2. The minimum Gasteiger partial charge on any atom is -1.00 e. The van der Waals surface area contributed by atoms with Crippen LogP contribution in [0, 0.1) is 0 Å². The first-order chi connectivity index (χ1) is 13.7. The Balaban J connectivity index is 0.00000300. The van der Waals surface area contributed by atoms with Crippen molar-refractivity contribution in [3.8, 4) is 22.8 Å². The molecule has 3 rings (SSSR count). The zero-order chi connectivity index (χ0) is 19.9. The maximum atomic E-state index is 12.8. The van der Waals surface area contributed by atoms with Crippen LogP contribution in [0.2, 0.25) is 0 Å². The normalized spacial score (nSPS) is 10.8.